The number of nitrogens with zero attached hydrogens (tertiary/aromatic N) is 4. The monoisotopic (exact) mass is 490 g/mol. The molecule has 2 heterocycles. The number of hydrogen-bond acceptors (Lipinski definition) is 8. The van der Waals surface area contributed by atoms with Crippen molar-refractivity contribution < 1.29 is 19.1 Å². The van der Waals surface area contributed by atoms with Gasteiger partial charge in [0.15, 0.2) is 16.7 Å². The molecule has 0 spiro atoms. The summed E-state index contributed by atoms with van der Waals surface area (Å²) in [6, 6.07) is 16.5. The van der Waals surface area contributed by atoms with E-state index in [0.717, 1.165) is 16.8 Å². The molecule has 3 aromatic rings. The van der Waals surface area contributed by atoms with Crippen molar-refractivity contribution in [1.82, 2.24) is 4.90 Å². The Kier molecular flexibility index (Phi) is 7.57. The van der Waals surface area contributed by atoms with Gasteiger partial charge in [-0.25, -0.2) is 0 Å². The first-order valence-corrected chi connectivity index (χ1v) is 11.8. The van der Waals surface area contributed by atoms with Crippen molar-refractivity contribution in [2.75, 3.05) is 25.6 Å². The molecule has 0 radical (unpaired) electrons. The van der Waals surface area contributed by atoms with Crippen LogP contribution >= 0.6 is 11.8 Å². The fourth-order valence-electron chi connectivity index (χ4n) is 3.33. The highest BCUT2D eigenvalue weighted by Crippen LogP contribution is 2.35. The van der Waals surface area contributed by atoms with Crippen molar-refractivity contribution in [3.05, 3.63) is 82.7 Å². The van der Waals surface area contributed by atoms with Crippen molar-refractivity contribution in [1.29, 1.82) is 0 Å². The standard InChI is InChI=1S/C26H26N4O4S/c1-4-33-23-14-19(9-12-22(23)31)15-24-25(32)30(17-21-6-5-13-34-21)26(35-24)28-27-16-18-7-10-20(11-8-18)29(2)3/h5-16,31H,4,17H2,1-3H3/b24-15-,27-16+,28-26-. The summed E-state index contributed by atoms with van der Waals surface area (Å²) >= 11 is 1.23. The minimum Gasteiger partial charge on any atom is -0.504 e. The lowest BCUT2D eigenvalue weighted by Crippen LogP contribution is -2.28. The molecule has 0 atom stereocenters. The van der Waals surface area contributed by atoms with Crippen LogP contribution in [0.2, 0.25) is 0 Å². The van der Waals surface area contributed by atoms with E-state index in [0.29, 0.717) is 28.2 Å². The highest BCUT2D eigenvalue weighted by molar-refractivity contribution is 8.18. The summed E-state index contributed by atoms with van der Waals surface area (Å²) < 4.78 is 10.9. The minimum absolute atomic E-state index is 0.0500. The number of phenols is 1. The summed E-state index contributed by atoms with van der Waals surface area (Å²) in [7, 11) is 3.97. The van der Waals surface area contributed by atoms with Crippen LogP contribution < -0.4 is 9.64 Å². The van der Waals surface area contributed by atoms with Gasteiger partial charge in [-0.15, -0.1) is 5.10 Å². The maximum absolute atomic E-state index is 13.2. The van der Waals surface area contributed by atoms with Gasteiger partial charge in [0, 0.05) is 19.8 Å². The highest BCUT2D eigenvalue weighted by atomic mass is 32.2. The van der Waals surface area contributed by atoms with Gasteiger partial charge >= 0.3 is 0 Å². The van der Waals surface area contributed by atoms with Crippen LogP contribution in [0.5, 0.6) is 11.5 Å². The molecule has 1 aliphatic rings. The van der Waals surface area contributed by atoms with Gasteiger partial charge in [-0.1, -0.05) is 18.2 Å². The quantitative estimate of drug-likeness (QED) is 0.273. The third kappa shape index (κ3) is 5.93. The third-order valence-corrected chi connectivity index (χ3v) is 6.12. The molecule has 1 amide bonds. The van der Waals surface area contributed by atoms with Crippen LogP contribution in [0.4, 0.5) is 5.69 Å². The Morgan fingerprint density at radius 3 is 2.60 bits per heavy atom. The van der Waals surface area contributed by atoms with E-state index in [1.165, 1.54) is 16.7 Å². The predicted octanol–water partition coefficient (Wildman–Crippen LogP) is 4.96. The number of rotatable bonds is 8. The zero-order valence-electron chi connectivity index (χ0n) is 19.7. The minimum atomic E-state index is -0.207. The molecule has 0 saturated carbocycles. The van der Waals surface area contributed by atoms with Gasteiger partial charge in [-0.3, -0.25) is 9.69 Å². The Morgan fingerprint density at radius 2 is 1.91 bits per heavy atom. The average Bonchev–Trinajstić information content (AvgIpc) is 3.46. The fourth-order valence-corrected chi connectivity index (χ4v) is 4.26. The number of thioether (sulfide) groups is 1. The van der Waals surface area contributed by atoms with E-state index in [2.05, 4.69) is 10.2 Å². The molecule has 2 aromatic carbocycles. The molecule has 0 unspecified atom stereocenters. The normalized spacial score (nSPS) is 16.1. The molecule has 35 heavy (non-hydrogen) atoms. The largest absolute Gasteiger partial charge is 0.504 e. The maximum Gasteiger partial charge on any atom is 0.267 e. The number of amidine groups is 1. The van der Waals surface area contributed by atoms with Gasteiger partial charge in [0.1, 0.15) is 5.76 Å². The van der Waals surface area contributed by atoms with Crippen LogP contribution in [0.1, 0.15) is 23.8 Å². The number of furan rings is 1. The summed E-state index contributed by atoms with van der Waals surface area (Å²) in [5.74, 6) is 0.846. The van der Waals surface area contributed by atoms with Gasteiger partial charge in [0.25, 0.3) is 5.91 Å². The van der Waals surface area contributed by atoms with Crippen LogP contribution in [0.3, 0.4) is 0 Å². The van der Waals surface area contributed by atoms with E-state index >= 15 is 0 Å². The van der Waals surface area contributed by atoms with Crippen LogP contribution in [0.15, 0.2) is 80.4 Å². The summed E-state index contributed by atoms with van der Waals surface area (Å²) in [5.41, 5.74) is 2.72. The topological polar surface area (TPSA) is 90.9 Å². The van der Waals surface area contributed by atoms with Gasteiger partial charge in [0.05, 0.1) is 30.5 Å². The summed E-state index contributed by atoms with van der Waals surface area (Å²) in [6.07, 6.45) is 4.97. The Labute approximate surface area is 208 Å². The first kappa shape index (κ1) is 24.2. The Morgan fingerprint density at radius 1 is 1.14 bits per heavy atom. The second kappa shape index (κ2) is 11.0. The molecule has 0 bridgehead atoms. The number of aromatic hydroxyl groups is 1. The third-order valence-electron chi connectivity index (χ3n) is 5.12. The number of carbonyl (C=O) groups excluding carboxylic acids is 1. The molecule has 1 aliphatic heterocycles. The smallest absolute Gasteiger partial charge is 0.267 e. The summed E-state index contributed by atoms with van der Waals surface area (Å²) in [4.78, 5) is 17.3. The van der Waals surface area contributed by atoms with E-state index < -0.39 is 0 Å². The van der Waals surface area contributed by atoms with Gasteiger partial charge in [0.2, 0.25) is 0 Å². The molecule has 1 saturated heterocycles. The van der Waals surface area contributed by atoms with Crippen LogP contribution in [0.25, 0.3) is 6.08 Å². The van der Waals surface area contributed by atoms with E-state index in [9.17, 15) is 9.90 Å². The van der Waals surface area contributed by atoms with Crippen molar-refractivity contribution in [3.8, 4) is 11.5 Å². The second-order valence-electron chi connectivity index (χ2n) is 7.85. The first-order valence-electron chi connectivity index (χ1n) is 11.0. The van der Waals surface area contributed by atoms with Crippen molar-refractivity contribution >= 4 is 40.8 Å². The Bertz CT molecular complexity index is 1270. The lowest BCUT2D eigenvalue weighted by molar-refractivity contribution is -0.122. The van der Waals surface area contributed by atoms with E-state index in [1.807, 2.05) is 50.2 Å². The predicted molar refractivity (Wildman–Crippen MR) is 140 cm³/mol. The zero-order chi connectivity index (χ0) is 24.8. The van der Waals surface area contributed by atoms with Crippen LogP contribution in [-0.2, 0) is 11.3 Å². The SMILES string of the molecule is CCOc1cc(/C=C2\S/C(=N\N=C\c3ccc(N(C)C)cc3)N(Cc3ccco3)C2=O)ccc1O. The highest BCUT2D eigenvalue weighted by Gasteiger charge is 2.34. The lowest BCUT2D eigenvalue weighted by Gasteiger charge is -2.12. The maximum atomic E-state index is 13.2. The molecule has 4 rings (SSSR count). The second-order valence-corrected chi connectivity index (χ2v) is 8.86. The van der Waals surface area contributed by atoms with Crippen molar-refractivity contribution in [2.24, 2.45) is 10.2 Å². The summed E-state index contributed by atoms with van der Waals surface area (Å²) in [5, 5.41) is 19.0. The van der Waals surface area contributed by atoms with E-state index in [4.69, 9.17) is 9.15 Å². The number of ether oxygens (including phenoxy) is 1. The number of benzene rings is 2. The van der Waals surface area contributed by atoms with Gasteiger partial charge in [-0.2, -0.15) is 5.10 Å². The van der Waals surface area contributed by atoms with E-state index in [-0.39, 0.29) is 18.2 Å². The van der Waals surface area contributed by atoms with Crippen LogP contribution in [-0.4, -0.2) is 48.0 Å². The molecular weight excluding hydrogens is 464 g/mol. The number of hydrogen-bond donors (Lipinski definition) is 1. The molecule has 0 aliphatic carbocycles. The lowest BCUT2D eigenvalue weighted by atomic mass is 10.2. The number of carbonyl (C=O) groups is 1. The van der Waals surface area contributed by atoms with Gasteiger partial charge in [-0.05, 0) is 72.3 Å². The van der Waals surface area contributed by atoms with Crippen molar-refractivity contribution in [3.63, 3.8) is 0 Å². The van der Waals surface area contributed by atoms with Crippen molar-refractivity contribution in [2.45, 2.75) is 13.5 Å². The molecule has 9 heteroatoms. The molecule has 180 valence electrons. The molecule has 1 N–H and O–H groups in total. The zero-order valence-corrected chi connectivity index (χ0v) is 20.5. The number of amides is 1. The Balaban J connectivity index is 1.60. The fraction of sp³-hybridized carbons (Fsp3) is 0.192. The Hall–Kier alpha value is -3.98. The number of anilines is 1. The molecular formula is C26H26N4O4S. The molecule has 1 aromatic heterocycles. The number of phenolic OH excluding ortho intramolecular Hbond substituents is 1. The molecule has 1 fully saturated rings. The molecule has 8 nitrogen and oxygen atoms in total. The van der Waals surface area contributed by atoms with Gasteiger partial charge < -0.3 is 19.2 Å². The first-order chi connectivity index (χ1) is 16.9. The van der Waals surface area contributed by atoms with Crippen LogP contribution in [0, 0.1) is 0 Å². The average molecular weight is 491 g/mol. The summed E-state index contributed by atoms with van der Waals surface area (Å²) in [6.45, 7) is 2.50. The van der Waals surface area contributed by atoms with E-state index in [1.54, 1.807) is 48.9 Å².